The van der Waals surface area contributed by atoms with Crippen LogP contribution in [0.1, 0.15) is 12.7 Å². The molecular formula is C19H18ClN7O. The maximum absolute atomic E-state index is 6.05. The molecule has 0 fully saturated rings. The average molecular weight is 396 g/mol. The Labute approximate surface area is 166 Å². The molecule has 3 aromatic heterocycles. The van der Waals surface area contributed by atoms with Gasteiger partial charge in [-0.3, -0.25) is 4.98 Å². The molecule has 3 heterocycles. The van der Waals surface area contributed by atoms with E-state index in [2.05, 4.69) is 25.3 Å². The molecule has 28 heavy (non-hydrogen) atoms. The van der Waals surface area contributed by atoms with Crippen molar-refractivity contribution in [1.82, 2.24) is 29.9 Å². The summed E-state index contributed by atoms with van der Waals surface area (Å²) in [5.41, 5.74) is 1.74. The molecule has 0 saturated carbocycles. The number of anilines is 1. The molecule has 0 saturated heterocycles. The summed E-state index contributed by atoms with van der Waals surface area (Å²) in [5, 5.41) is 13.4. The van der Waals surface area contributed by atoms with Crippen molar-refractivity contribution in [2.45, 2.75) is 13.5 Å². The van der Waals surface area contributed by atoms with Crippen LogP contribution in [-0.4, -0.2) is 36.4 Å². The van der Waals surface area contributed by atoms with Crippen molar-refractivity contribution in [3.63, 3.8) is 0 Å². The Bertz CT molecular complexity index is 1080. The molecular weight excluding hydrogens is 378 g/mol. The molecule has 1 aromatic carbocycles. The summed E-state index contributed by atoms with van der Waals surface area (Å²) in [5.74, 6) is 2.49. The van der Waals surface area contributed by atoms with Crippen molar-refractivity contribution >= 4 is 17.5 Å². The third-order valence-corrected chi connectivity index (χ3v) is 4.62. The van der Waals surface area contributed by atoms with Crippen molar-refractivity contribution in [1.29, 1.82) is 0 Å². The predicted octanol–water partition coefficient (Wildman–Crippen LogP) is 3.61. The van der Waals surface area contributed by atoms with Gasteiger partial charge in [0, 0.05) is 42.1 Å². The number of hydrogen-bond donors (Lipinski definition) is 0. The van der Waals surface area contributed by atoms with Crippen molar-refractivity contribution in [3.05, 3.63) is 59.6 Å². The molecule has 4 rings (SSSR count). The molecule has 0 aliphatic rings. The van der Waals surface area contributed by atoms with E-state index in [1.54, 1.807) is 24.5 Å². The fourth-order valence-corrected chi connectivity index (χ4v) is 3.02. The van der Waals surface area contributed by atoms with E-state index in [4.69, 9.17) is 16.1 Å². The van der Waals surface area contributed by atoms with Gasteiger partial charge in [-0.2, -0.15) is 4.98 Å². The Balaban J connectivity index is 1.57. The second kappa shape index (κ2) is 7.77. The summed E-state index contributed by atoms with van der Waals surface area (Å²) >= 11 is 6.05. The third kappa shape index (κ3) is 3.59. The highest BCUT2D eigenvalue weighted by Gasteiger charge is 2.18. The van der Waals surface area contributed by atoms with E-state index in [1.807, 2.05) is 47.7 Å². The number of aromatic nitrogens is 6. The lowest BCUT2D eigenvalue weighted by molar-refractivity contribution is 0.429. The van der Waals surface area contributed by atoms with Crippen LogP contribution in [0.25, 0.3) is 22.8 Å². The summed E-state index contributed by atoms with van der Waals surface area (Å²) in [7, 11) is 1.94. The number of hydrogen-bond acceptors (Lipinski definition) is 7. The molecule has 0 N–H and O–H groups in total. The van der Waals surface area contributed by atoms with E-state index in [9.17, 15) is 0 Å². The Morgan fingerprint density at radius 3 is 2.68 bits per heavy atom. The maximum atomic E-state index is 6.05. The van der Waals surface area contributed by atoms with E-state index < -0.39 is 0 Å². The Morgan fingerprint density at radius 2 is 1.93 bits per heavy atom. The molecule has 0 amide bonds. The molecule has 8 nitrogen and oxygen atoms in total. The monoisotopic (exact) mass is 395 g/mol. The van der Waals surface area contributed by atoms with Gasteiger partial charge in [-0.05, 0) is 42.4 Å². The van der Waals surface area contributed by atoms with Gasteiger partial charge < -0.3 is 14.0 Å². The molecule has 0 atom stereocenters. The smallest absolute Gasteiger partial charge is 0.266 e. The summed E-state index contributed by atoms with van der Waals surface area (Å²) < 4.78 is 7.37. The molecule has 0 spiro atoms. The van der Waals surface area contributed by atoms with Crippen molar-refractivity contribution in [2.75, 3.05) is 11.4 Å². The number of halogens is 1. The zero-order valence-electron chi connectivity index (χ0n) is 15.4. The molecule has 4 aromatic rings. The van der Waals surface area contributed by atoms with Gasteiger partial charge in [0.1, 0.15) is 0 Å². The van der Waals surface area contributed by atoms with Crippen LogP contribution in [0.15, 0.2) is 53.3 Å². The maximum Gasteiger partial charge on any atom is 0.266 e. The van der Waals surface area contributed by atoms with Gasteiger partial charge in [-0.1, -0.05) is 17.7 Å². The lowest BCUT2D eigenvalue weighted by atomic mass is 10.2. The fourth-order valence-electron chi connectivity index (χ4n) is 2.83. The van der Waals surface area contributed by atoms with Crippen LogP contribution in [-0.2, 0) is 13.6 Å². The molecule has 9 heteroatoms. The summed E-state index contributed by atoms with van der Waals surface area (Å²) in [6.45, 7) is 3.21. The van der Waals surface area contributed by atoms with Gasteiger partial charge in [-0.15, -0.1) is 10.2 Å². The average Bonchev–Trinajstić information content (AvgIpc) is 3.34. The zero-order chi connectivity index (χ0) is 19.5. The topological polar surface area (TPSA) is 85.8 Å². The van der Waals surface area contributed by atoms with Gasteiger partial charge >= 0.3 is 0 Å². The van der Waals surface area contributed by atoms with Crippen LogP contribution in [0.5, 0.6) is 0 Å². The first-order valence-corrected chi connectivity index (χ1v) is 9.16. The first-order chi connectivity index (χ1) is 13.7. The van der Waals surface area contributed by atoms with Crippen molar-refractivity contribution in [2.24, 2.45) is 7.05 Å². The third-order valence-electron chi connectivity index (χ3n) is 4.39. The van der Waals surface area contributed by atoms with Crippen LogP contribution in [0.4, 0.5) is 5.95 Å². The minimum absolute atomic E-state index is 0.423. The minimum Gasteiger partial charge on any atom is -0.332 e. The first-order valence-electron chi connectivity index (χ1n) is 8.79. The van der Waals surface area contributed by atoms with Crippen LogP contribution < -0.4 is 4.90 Å². The largest absolute Gasteiger partial charge is 0.332 e. The highest BCUT2D eigenvalue weighted by atomic mass is 35.5. The lowest BCUT2D eigenvalue weighted by Crippen LogP contribution is -2.25. The molecule has 0 bridgehead atoms. The van der Waals surface area contributed by atoms with Crippen LogP contribution in [0.2, 0.25) is 5.02 Å². The van der Waals surface area contributed by atoms with E-state index in [-0.39, 0.29) is 0 Å². The predicted molar refractivity (Wildman–Crippen MR) is 106 cm³/mol. The second-order valence-corrected chi connectivity index (χ2v) is 6.60. The summed E-state index contributed by atoms with van der Waals surface area (Å²) in [4.78, 5) is 10.5. The minimum atomic E-state index is 0.423. The second-order valence-electron chi connectivity index (χ2n) is 6.16. The molecule has 0 radical (unpaired) electrons. The quantitative estimate of drug-likeness (QED) is 0.493. The zero-order valence-corrected chi connectivity index (χ0v) is 16.2. The highest BCUT2D eigenvalue weighted by Crippen LogP contribution is 2.24. The van der Waals surface area contributed by atoms with E-state index in [0.717, 1.165) is 22.8 Å². The summed E-state index contributed by atoms with van der Waals surface area (Å²) in [6.07, 6.45) is 3.47. The molecule has 0 aliphatic carbocycles. The standard InChI is InChI=1S/C19H18ClN7O/c1-3-27(19-22-18(28-25-19)14-5-4-6-15(20)11-14)12-16-23-24-17(26(16)2)13-7-9-21-10-8-13/h4-11H,3,12H2,1-2H3. The van der Waals surface area contributed by atoms with Gasteiger partial charge in [0.05, 0.1) is 6.54 Å². The highest BCUT2D eigenvalue weighted by molar-refractivity contribution is 6.30. The van der Waals surface area contributed by atoms with Crippen LogP contribution in [0, 0.1) is 0 Å². The normalized spacial score (nSPS) is 11.0. The van der Waals surface area contributed by atoms with Gasteiger partial charge in [0.15, 0.2) is 11.6 Å². The molecule has 0 aliphatic heterocycles. The van der Waals surface area contributed by atoms with Gasteiger partial charge in [-0.25, -0.2) is 0 Å². The van der Waals surface area contributed by atoms with Crippen molar-refractivity contribution in [3.8, 4) is 22.8 Å². The lowest BCUT2D eigenvalue weighted by Gasteiger charge is -2.17. The van der Waals surface area contributed by atoms with E-state index in [1.165, 1.54) is 0 Å². The molecule has 0 unspecified atom stereocenters. The number of rotatable bonds is 6. The molecule has 142 valence electrons. The van der Waals surface area contributed by atoms with Gasteiger partial charge in [0.2, 0.25) is 0 Å². The van der Waals surface area contributed by atoms with Gasteiger partial charge in [0.25, 0.3) is 11.8 Å². The SMILES string of the molecule is CCN(Cc1nnc(-c2ccncc2)n1C)c1noc(-c2cccc(Cl)c2)n1. The summed E-state index contributed by atoms with van der Waals surface area (Å²) in [6, 6.07) is 11.1. The fraction of sp³-hybridized carbons (Fsp3) is 0.211. The number of pyridine rings is 1. The Morgan fingerprint density at radius 1 is 1.11 bits per heavy atom. The Hall–Kier alpha value is -3.26. The Kier molecular flexibility index (Phi) is 5.03. The number of benzene rings is 1. The number of nitrogens with zero attached hydrogens (tertiary/aromatic N) is 7. The first kappa shape index (κ1) is 18.1. The van der Waals surface area contributed by atoms with E-state index >= 15 is 0 Å². The van der Waals surface area contributed by atoms with Crippen LogP contribution in [0.3, 0.4) is 0 Å². The van der Waals surface area contributed by atoms with E-state index in [0.29, 0.717) is 30.0 Å². The van der Waals surface area contributed by atoms with Crippen LogP contribution >= 0.6 is 11.6 Å². The van der Waals surface area contributed by atoms with Crippen molar-refractivity contribution < 1.29 is 4.52 Å².